The number of anilines is 2. The smallest absolute Gasteiger partial charge is 0.414 e. The molecule has 3 aliphatic rings. The molecule has 31 heavy (non-hydrogen) atoms. The molecule has 3 aliphatic heterocycles. The van der Waals surface area contributed by atoms with E-state index in [0.717, 1.165) is 25.9 Å². The van der Waals surface area contributed by atoms with Gasteiger partial charge >= 0.3 is 6.09 Å². The molecule has 1 amide bonds. The number of benzene rings is 1. The van der Waals surface area contributed by atoms with Crippen LogP contribution in [0.3, 0.4) is 0 Å². The molecule has 1 aromatic carbocycles. The molecule has 4 heterocycles. The molecular weight excluding hydrogens is 425 g/mol. The van der Waals surface area contributed by atoms with E-state index in [9.17, 15) is 18.3 Å². The summed E-state index contributed by atoms with van der Waals surface area (Å²) in [6.07, 6.45) is 4.23. The molecule has 168 valence electrons. The number of aromatic nitrogens is 3. The summed E-state index contributed by atoms with van der Waals surface area (Å²) in [4.78, 5) is 15.8. The van der Waals surface area contributed by atoms with Crippen LogP contribution < -0.4 is 9.80 Å². The van der Waals surface area contributed by atoms with Gasteiger partial charge in [-0.05, 0) is 42.9 Å². The number of nitrogens with zero attached hydrogens (tertiary/aromatic N) is 5. The van der Waals surface area contributed by atoms with Crippen LogP contribution in [0, 0.1) is 17.7 Å². The molecule has 2 aromatic rings. The van der Waals surface area contributed by atoms with Gasteiger partial charge in [-0.1, -0.05) is 5.21 Å². The first-order valence-electron chi connectivity index (χ1n) is 10.5. The average molecular weight is 452 g/mol. The van der Waals surface area contributed by atoms with Crippen LogP contribution in [0.5, 0.6) is 0 Å². The lowest BCUT2D eigenvalue weighted by Gasteiger charge is -2.51. The van der Waals surface area contributed by atoms with Crippen molar-refractivity contribution in [3.63, 3.8) is 0 Å². The molecule has 3 fully saturated rings. The third-order valence-corrected chi connectivity index (χ3v) is 8.41. The van der Waals surface area contributed by atoms with E-state index < -0.39 is 16.7 Å². The number of halogens is 1. The van der Waals surface area contributed by atoms with Crippen molar-refractivity contribution in [1.82, 2.24) is 15.0 Å². The SMILES string of the molecule is O=C1OC(Cn2ccnn2)CN1c1ccc(N2CCC(C3CS(O)(O)C3)CC2)c(F)c1. The quantitative estimate of drug-likeness (QED) is 0.720. The number of carbonyl (C=O) groups excluding carboxylic acids is 1. The number of ether oxygens (including phenoxy) is 1. The van der Waals surface area contributed by atoms with Crippen LogP contribution >= 0.6 is 10.6 Å². The number of hydrogen-bond acceptors (Lipinski definition) is 7. The van der Waals surface area contributed by atoms with E-state index in [-0.39, 0.29) is 11.9 Å². The molecule has 1 unspecified atom stereocenters. The summed E-state index contributed by atoms with van der Waals surface area (Å²) in [5.74, 6) is 1.53. The van der Waals surface area contributed by atoms with E-state index in [2.05, 4.69) is 10.3 Å². The van der Waals surface area contributed by atoms with Gasteiger partial charge in [0.2, 0.25) is 0 Å². The molecule has 0 bridgehead atoms. The summed E-state index contributed by atoms with van der Waals surface area (Å²) in [7, 11) is -2.31. The van der Waals surface area contributed by atoms with Crippen molar-refractivity contribution in [2.75, 3.05) is 40.9 Å². The highest BCUT2D eigenvalue weighted by Gasteiger charge is 2.40. The topological polar surface area (TPSA) is 104 Å². The zero-order valence-electron chi connectivity index (χ0n) is 17.0. The van der Waals surface area contributed by atoms with E-state index in [4.69, 9.17) is 4.74 Å². The van der Waals surface area contributed by atoms with Gasteiger partial charge in [0.25, 0.3) is 0 Å². The lowest BCUT2D eigenvalue weighted by molar-refractivity contribution is 0.129. The molecule has 11 heteroatoms. The molecule has 0 aliphatic carbocycles. The zero-order chi connectivity index (χ0) is 21.6. The Bertz CT molecular complexity index is 943. The monoisotopic (exact) mass is 451 g/mol. The largest absolute Gasteiger partial charge is 0.442 e. The lowest BCUT2D eigenvalue weighted by atomic mass is 9.86. The fraction of sp³-hybridized carbons (Fsp3) is 0.550. The van der Waals surface area contributed by atoms with Gasteiger partial charge < -0.3 is 9.64 Å². The van der Waals surface area contributed by atoms with Crippen LogP contribution in [0.1, 0.15) is 12.8 Å². The van der Waals surface area contributed by atoms with Gasteiger partial charge in [0, 0.05) is 30.8 Å². The van der Waals surface area contributed by atoms with Crippen LogP contribution in [-0.4, -0.2) is 67.4 Å². The van der Waals surface area contributed by atoms with Gasteiger partial charge in [0.1, 0.15) is 11.9 Å². The molecule has 3 saturated heterocycles. The number of hydrogen-bond donors (Lipinski definition) is 2. The van der Waals surface area contributed by atoms with Crippen LogP contribution in [-0.2, 0) is 11.3 Å². The zero-order valence-corrected chi connectivity index (χ0v) is 17.8. The van der Waals surface area contributed by atoms with Gasteiger partial charge in [-0.3, -0.25) is 14.0 Å². The van der Waals surface area contributed by atoms with E-state index in [1.165, 1.54) is 11.0 Å². The van der Waals surface area contributed by atoms with Crippen molar-refractivity contribution in [2.24, 2.45) is 11.8 Å². The molecule has 0 saturated carbocycles. The molecule has 0 radical (unpaired) electrons. The number of amides is 1. The molecule has 5 rings (SSSR count). The van der Waals surface area contributed by atoms with E-state index in [1.54, 1.807) is 29.2 Å². The minimum Gasteiger partial charge on any atom is -0.442 e. The number of piperidine rings is 1. The summed E-state index contributed by atoms with van der Waals surface area (Å²) < 4.78 is 41.2. The highest BCUT2D eigenvalue weighted by Crippen LogP contribution is 2.55. The molecular formula is C20H26FN5O4S. The van der Waals surface area contributed by atoms with Crippen molar-refractivity contribution in [3.05, 3.63) is 36.4 Å². The number of carbonyl (C=O) groups is 1. The standard InChI is InChI=1S/C20H26FN5O4S/c21-18-9-16(26-11-17(30-20(26)27)10-25-8-5-22-23-25)1-2-19(18)24-6-3-14(4-7-24)15-12-31(28,29)13-15/h1-2,5,8-9,14-15,17,28-29H,3-4,6-7,10-13H2. The Morgan fingerprint density at radius 3 is 2.61 bits per heavy atom. The van der Waals surface area contributed by atoms with Crippen molar-refractivity contribution < 1.29 is 23.0 Å². The maximum atomic E-state index is 14.9. The summed E-state index contributed by atoms with van der Waals surface area (Å²) in [6.45, 7) is 2.20. The second-order valence-corrected chi connectivity index (χ2v) is 10.9. The Morgan fingerprint density at radius 2 is 1.97 bits per heavy atom. The van der Waals surface area contributed by atoms with Crippen LogP contribution in [0.4, 0.5) is 20.6 Å². The van der Waals surface area contributed by atoms with E-state index in [0.29, 0.717) is 47.8 Å². The molecule has 0 spiro atoms. The predicted molar refractivity (Wildman–Crippen MR) is 115 cm³/mol. The van der Waals surface area contributed by atoms with Crippen LogP contribution in [0.2, 0.25) is 0 Å². The van der Waals surface area contributed by atoms with E-state index >= 15 is 0 Å². The fourth-order valence-corrected chi connectivity index (χ4v) is 6.63. The second-order valence-electron chi connectivity index (χ2n) is 8.60. The van der Waals surface area contributed by atoms with Gasteiger partial charge in [0.15, 0.2) is 0 Å². The van der Waals surface area contributed by atoms with Crippen molar-refractivity contribution in [1.29, 1.82) is 0 Å². The second kappa shape index (κ2) is 7.95. The maximum absolute atomic E-state index is 14.9. The summed E-state index contributed by atoms with van der Waals surface area (Å²) in [5, 5.41) is 7.62. The first-order valence-corrected chi connectivity index (χ1v) is 12.4. The third-order valence-electron chi connectivity index (χ3n) is 6.49. The first kappa shape index (κ1) is 20.5. The normalized spacial score (nSPS) is 25.4. The Morgan fingerprint density at radius 1 is 1.19 bits per heavy atom. The fourth-order valence-electron chi connectivity index (χ4n) is 4.81. The van der Waals surface area contributed by atoms with Crippen molar-refractivity contribution in [3.8, 4) is 0 Å². The van der Waals surface area contributed by atoms with Crippen LogP contribution in [0.15, 0.2) is 30.6 Å². The highest BCUT2D eigenvalue weighted by molar-refractivity contribution is 8.25. The third kappa shape index (κ3) is 4.21. The van der Waals surface area contributed by atoms with Crippen LogP contribution in [0.25, 0.3) is 0 Å². The summed E-state index contributed by atoms with van der Waals surface area (Å²) >= 11 is 0. The first-order chi connectivity index (χ1) is 14.9. The van der Waals surface area contributed by atoms with Gasteiger partial charge in [-0.15, -0.1) is 5.10 Å². The Balaban J connectivity index is 1.20. The van der Waals surface area contributed by atoms with E-state index in [1.807, 2.05) is 4.90 Å². The summed E-state index contributed by atoms with van der Waals surface area (Å²) in [5.41, 5.74) is 1.01. The Kier molecular flexibility index (Phi) is 5.27. The average Bonchev–Trinajstić information content (AvgIpc) is 3.36. The van der Waals surface area contributed by atoms with Gasteiger partial charge in [0.05, 0.1) is 30.7 Å². The number of cyclic esters (lactones) is 1. The van der Waals surface area contributed by atoms with Crippen molar-refractivity contribution >= 4 is 28.1 Å². The lowest BCUT2D eigenvalue weighted by Crippen LogP contribution is -2.43. The minimum absolute atomic E-state index is 0.323. The molecule has 1 aromatic heterocycles. The predicted octanol–water partition coefficient (Wildman–Crippen LogP) is 3.04. The van der Waals surface area contributed by atoms with Gasteiger partial charge in [-0.2, -0.15) is 10.6 Å². The number of rotatable bonds is 5. The van der Waals surface area contributed by atoms with Crippen molar-refractivity contribution in [2.45, 2.75) is 25.5 Å². The minimum atomic E-state index is -2.31. The molecule has 9 nitrogen and oxygen atoms in total. The molecule has 1 atom stereocenters. The molecule has 2 N–H and O–H groups in total. The maximum Gasteiger partial charge on any atom is 0.414 e. The van der Waals surface area contributed by atoms with Gasteiger partial charge in [-0.25, -0.2) is 13.9 Å². The Hall–Kier alpha value is -2.37. The summed E-state index contributed by atoms with van der Waals surface area (Å²) in [6, 6.07) is 4.87. The highest BCUT2D eigenvalue weighted by atomic mass is 32.3. The Labute approximate surface area is 181 Å².